The molecule has 0 aromatic carbocycles. The van der Waals surface area contributed by atoms with Gasteiger partial charge in [0.25, 0.3) is 0 Å². The first-order chi connectivity index (χ1) is 6.40. The number of thiophene rings is 1. The average molecular weight is 255 g/mol. The minimum atomic E-state index is 0.770. The first-order valence-electron chi connectivity index (χ1n) is 3.80. The normalized spacial score (nSPS) is 10.2. The Bertz CT molecular complexity index is 386. The predicted molar refractivity (Wildman–Crippen MR) is 58.0 cm³/mol. The van der Waals surface area contributed by atoms with Crippen LogP contribution in [0.4, 0.5) is 0 Å². The van der Waals surface area contributed by atoms with Crippen molar-refractivity contribution in [2.24, 2.45) is 0 Å². The van der Waals surface area contributed by atoms with Gasteiger partial charge in [0, 0.05) is 22.5 Å². The van der Waals surface area contributed by atoms with Crippen molar-refractivity contribution in [3.8, 4) is 11.4 Å². The molecule has 2 nitrogen and oxygen atoms in total. The van der Waals surface area contributed by atoms with Crippen LogP contribution in [0.1, 0.15) is 5.69 Å². The molecule has 4 heteroatoms. The van der Waals surface area contributed by atoms with Gasteiger partial charge >= 0.3 is 0 Å². The minimum absolute atomic E-state index is 0.770. The fourth-order valence-electron chi connectivity index (χ4n) is 1.00. The third-order valence-electron chi connectivity index (χ3n) is 1.63. The molecule has 0 aliphatic carbocycles. The van der Waals surface area contributed by atoms with Crippen molar-refractivity contribution in [1.29, 1.82) is 0 Å². The predicted octanol–water partition coefficient (Wildman–Crippen LogP) is 3.10. The number of hydrogen-bond donors (Lipinski definition) is 0. The highest BCUT2D eigenvalue weighted by molar-refractivity contribution is 9.08. The van der Waals surface area contributed by atoms with Crippen molar-refractivity contribution in [2.45, 2.75) is 5.33 Å². The summed E-state index contributed by atoms with van der Waals surface area (Å²) in [6.45, 7) is 0. The van der Waals surface area contributed by atoms with E-state index >= 15 is 0 Å². The monoisotopic (exact) mass is 254 g/mol. The molecule has 0 bridgehead atoms. The summed E-state index contributed by atoms with van der Waals surface area (Å²) in [4.78, 5) is 8.59. The van der Waals surface area contributed by atoms with Crippen LogP contribution in [0.25, 0.3) is 11.4 Å². The summed E-state index contributed by atoms with van der Waals surface area (Å²) < 4.78 is 0. The highest BCUT2D eigenvalue weighted by Crippen LogP contribution is 2.18. The topological polar surface area (TPSA) is 25.8 Å². The lowest BCUT2D eigenvalue weighted by molar-refractivity contribution is 1.10. The van der Waals surface area contributed by atoms with Crippen molar-refractivity contribution in [3.63, 3.8) is 0 Å². The molecule has 0 fully saturated rings. The smallest absolute Gasteiger partial charge is 0.160 e. The van der Waals surface area contributed by atoms with Gasteiger partial charge < -0.3 is 0 Å². The van der Waals surface area contributed by atoms with Gasteiger partial charge in [-0.3, -0.25) is 0 Å². The zero-order chi connectivity index (χ0) is 9.10. The summed E-state index contributed by atoms with van der Waals surface area (Å²) in [6.07, 6.45) is 1.79. The van der Waals surface area contributed by atoms with Crippen molar-refractivity contribution >= 4 is 27.3 Å². The summed E-state index contributed by atoms with van der Waals surface area (Å²) in [5, 5.41) is 4.85. The van der Waals surface area contributed by atoms with Gasteiger partial charge in [-0.15, -0.1) is 0 Å². The molecule has 2 aromatic rings. The maximum Gasteiger partial charge on any atom is 0.160 e. The molecular weight excluding hydrogens is 248 g/mol. The minimum Gasteiger partial charge on any atom is -0.237 e. The third kappa shape index (κ3) is 1.95. The average Bonchev–Trinajstić information content (AvgIpc) is 2.71. The summed E-state index contributed by atoms with van der Waals surface area (Å²) in [6, 6.07) is 3.93. The lowest BCUT2D eigenvalue weighted by Crippen LogP contribution is -1.90. The van der Waals surface area contributed by atoms with Crippen LogP contribution in [0.15, 0.2) is 29.1 Å². The van der Waals surface area contributed by atoms with Crippen molar-refractivity contribution in [2.75, 3.05) is 0 Å². The lowest BCUT2D eigenvalue weighted by Gasteiger charge is -1.97. The van der Waals surface area contributed by atoms with Crippen LogP contribution in [-0.4, -0.2) is 9.97 Å². The molecule has 2 aromatic heterocycles. The summed E-state index contributed by atoms with van der Waals surface area (Å²) in [5.41, 5.74) is 2.10. The Labute approximate surface area is 88.8 Å². The zero-order valence-electron chi connectivity index (χ0n) is 6.77. The van der Waals surface area contributed by atoms with Crippen LogP contribution in [0.2, 0.25) is 0 Å². The molecule has 2 rings (SSSR count). The van der Waals surface area contributed by atoms with E-state index in [4.69, 9.17) is 0 Å². The van der Waals surface area contributed by atoms with Crippen molar-refractivity contribution in [3.05, 3.63) is 34.8 Å². The molecule has 0 unspecified atom stereocenters. The van der Waals surface area contributed by atoms with Crippen LogP contribution in [0, 0.1) is 0 Å². The number of nitrogens with zero attached hydrogens (tertiary/aromatic N) is 2. The van der Waals surface area contributed by atoms with E-state index in [1.54, 1.807) is 17.5 Å². The van der Waals surface area contributed by atoms with E-state index in [0.29, 0.717) is 0 Å². The Hall–Kier alpha value is -0.740. The van der Waals surface area contributed by atoms with Crippen LogP contribution in [-0.2, 0) is 5.33 Å². The fourth-order valence-corrected chi connectivity index (χ4v) is 1.95. The Morgan fingerprint density at radius 2 is 2.31 bits per heavy atom. The van der Waals surface area contributed by atoms with E-state index in [1.807, 2.05) is 22.9 Å². The van der Waals surface area contributed by atoms with Gasteiger partial charge in [-0.25, -0.2) is 9.97 Å². The summed E-state index contributed by atoms with van der Waals surface area (Å²) in [7, 11) is 0. The second kappa shape index (κ2) is 3.98. The van der Waals surface area contributed by atoms with E-state index in [1.165, 1.54) is 0 Å². The van der Waals surface area contributed by atoms with E-state index in [2.05, 4.69) is 25.9 Å². The highest BCUT2D eigenvalue weighted by atomic mass is 79.9. The second-order valence-corrected chi connectivity index (χ2v) is 3.86. The molecule has 0 atom stereocenters. The standard InChI is InChI=1S/C9H7BrN2S/c10-5-8-1-3-11-9(12-8)7-2-4-13-6-7/h1-4,6H,5H2. The lowest BCUT2D eigenvalue weighted by atomic mass is 10.3. The Morgan fingerprint density at radius 1 is 1.38 bits per heavy atom. The molecule has 0 saturated carbocycles. The van der Waals surface area contributed by atoms with Crippen LogP contribution >= 0.6 is 27.3 Å². The molecule has 2 heterocycles. The molecule has 0 aliphatic rings. The highest BCUT2D eigenvalue weighted by Gasteiger charge is 2.01. The Kier molecular flexibility index (Phi) is 2.71. The molecule has 13 heavy (non-hydrogen) atoms. The zero-order valence-corrected chi connectivity index (χ0v) is 9.18. The van der Waals surface area contributed by atoms with Crippen molar-refractivity contribution < 1.29 is 0 Å². The van der Waals surface area contributed by atoms with Crippen LogP contribution in [0.3, 0.4) is 0 Å². The van der Waals surface area contributed by atoms with Gasteiger partial charge in [-0.05, 0) is 17.5 Å². The maximum absolute atomic E-state index is 4.38. The first kappa shape index (κ1) is 8.84. The summed E-state index contributed by atoms with van der Waals surface area (Å²) >= 11 is 5.02. The van der Waals surface area contributed by atoms with E-state index in [9.17, 15) is 0 Å². The molecule has 0 saturated heterocycles. The van der Waals surface area contributed by atoms with E-state index in [0.717, 1.165) is 22.4 Å². The SMILES string of the molecule is BrCc1ccnc(-c2ccsc2)n1. The fraction of sp³-hybridized carbons (Fsp3) is 0.111. The molecule has 66 valence electrons. The Morgan fingerprint density at radius 3 is 3.00 bits per heavy atom. The maximum atomic E-state index is 4.38. The molecule has 0 N–H and O–H groups in total. The van der Waals surface area contributed by atoms with Gasteiger partial charge in [0.15, 0.2) is 5.82 Å². The van der Waals surface area contributed by atoms with Crippen LogP contribution in [0.5, 0.6) is 0 Å². The largest absolute Gasteiger partial charge is 0.237 e. The van der Waals surface area contributed by atoms with Crippen molar-refractivity contribution in [1.82, 2.24) is 9.97 Å². The molecule has 0 spiro atoms. The second-order valence-electron chi connectivity index (χ2n) is 2.52. The molecular formula is C9H7BrN2S. The first-order valence-corrected chi connectivity index (χ1v) is 5.87. The number of rotatable bonds is 2. The van der Waals surface area contributed by atoms with Gasteiger partial charge in [-0.2, -0.15) is 11.3 Å². The van der Waals surface area contributed by atoms with E-state index in [-0.39, 0.29) is 0 Å². The Balaban J connectivity index is 2.41. The van der Waals surface area contributed by atoms with Gasteiger partial charge in [0.1, 0.15) is 0 Å². The summed E-state index contributed by atoms with van der Waals surface area (Å²) in [5.74, 6) is 0.804. The molecule has 0 aliphatic heterocycles. The van der Waals surface area contributed by atoms with Gasteiger partial charge in [0.2, 0.25) is 0 Å². The number of halogens is 1. The molecule has 0 amide bonds. The molecule has 0 radical (unpaired) electrons. The number of hydrogen-bond acceptors (Lipinski definition) is 3. The van der Waals surface area contributed by atoms with Gasteiger partial charge in [0.05, 0.1) is 5.69 Å². The third-order valence-corrected chi connectivity index (χ3v) is 2.89. The van der Waals surface area contributed by atoms with Crippen LogP contribution < -0.4 is 0 Å². The van der Waals surface area contributed by atoms with Gasteiger partial charge in [-0.1, -0.05) is 15.9 Å². The number of alkyl halides is 1. The van der Waals surface area contributed by atoms with E-state index < -0.39 is 0 Å². The number of aromatic nitrogens is 2. The quantitative estimate of drug-likeness (QED) is 0.770.